The van der Waals surface area contributed by atoms with Crippen LogP contribution in [0.25, 0.3) is 0 Å². The average Bonchev–Trinajstić information content (AvgIpc) is 2.69. The summed E-state index contributed by atoms with van der Waals surface area (Å²) >= 11 is 0. The molecule has 88 valence electrons. The first-order valence-electron chi connectivity index (χ1n) is 4.09. The Morgan fingerprint density at radius 1 is 0.867 bits per heavy atom. The number of rotatable bonds is 4. The summed E-state index contributed by atoms with van der Waals surface area (Å²) in [5.74, 6) is 0. The highest BCUT2D eigenvalue weighted by molar-refractivity contribution is 7.86. The number of hydrogen-bond acceptors (Lipinski definition) is 7. The lowest BCUT2D eigenvalue weighted by Gasteiger charge is -2.28. The monoisotopic (exact) mass is 258 g/mol. The molecule has 2 rings (SSSR count). The first-order chi connectivity index (χ1) is 6.67. The fourth-order valence-corrected chi connectivity index (χ4v) is 2.76. The molecule has 0 aromatic carbocycles. The van der Waals surface area contributed by atoms with Crippen LogP contribution >= 0.6 is 0 Å². The quantitative estimate of drug-likeness (QED) is 0.445. The van der Waals surface area contributed by atoms with Crippen molar-refractivity contribution in [3.63, 3.8) is 0 Å². The van der Waals surface area contributed by atoms with Crippen LogP contribution in [0.4, 0.5) is 0 Å². The van der Waals surface area contributed by atoms with Crippen molar-refractivity contribution >= 4 is 20.2 Å². The van der Waals surface area contributed by atoms with E-state index >= 15 is 0 Å². The van der Waals surface area contributed by atoms with E-state index in [-0.39, 0.29) is 12.2 Å². The van der Waals surface area contributed by atoms with E-state index in [1.165, 1.54) is 0 Å². The summed E-state index contributed by atoms with van der Waals surface area (Å²) in [6.45, 7) is 0. The molecule has 15 heavy (non-hydrogen) atoms. The second-order valence-corrected chi connectivity index (χ2v) is 6.80. The summed E-state index contributed by atoms with van der Waals surface area (Å²) in [4.78, 5) is 0. The van der Waals surface area contributed by atoms with E-state index in [0.717, 1.165) is 12.5 Å². The third kappa shape index (κ3) is 2.48. The molecular weight excluding hydrogens is 248 g/mol. The minimum atomic E-state index is -3.63. The first-order valence-corrected chi connectivity index (χ1v) is 7.73. The Balaban J connectivity index is 2.02. The number of hydrogen-bond donors (Lipinski definition) is 0. The van der Waals surface area contributed by atoms with Crippen molar-refractivity contribution in [1.82, 2.24) is 0 Å². The predicted octanol–water partition coefficient (Wildman–Crippen LogP) is -1.54. The molecule has 9 heteroatoms. The molecule has 0 bridgehead atoms. The highest BCUT2D eigenvalue weighted by Gasteiger charge is 2.68. The van der Waals surface area contributed by atoms with Gasteiger partial charge in [-0.05, 0) is 0 Å². The van der Waals surface area contributed by atoms with Gasteiger partial charge >= 0.3 is 0 Å². The zero-order valence-corrected chi connectivity index (χ0v) is 9.62. The lowest BCUT2D eigenvalue weighted by molar-refractivity contribution is 0.0213. The van der Waals surface area contributed by atoms with E-state index in [9.17, 15) is 16.8 Å². The topological polar surface area (TPSA) is 99.3 Å². The lowest BCUT2D eigenvalue weighted by Crippen LogP contribution is -2.51. The molecule has 0 N–H and O–H groups in total. The Bertz CT molecular complexity index is 420. The van der Waals surface area contributed by atoms with Crippen LogP contribution in [0.2, 0.25) is 0 Å². The minimum absolute atomic E-state index is 0.355. The molecule has 1 saturated carbocycles. The van der Waals surface area contributed by atoms with Crippen LogP contribution in [-0.2, 0) is 33.3 Å². The molecule has 0 amide bonds. The summed E-state index contributed by atoms with van der Waals surface area (Å²) in [7, 11) is -7.27. The van der Waals surface area contributed by atoms with Gasteiger partial charge in [0.2, 0.25) is 0 Å². The summed E-state index contributed by atoms with van der Waals surface area (Å²) in [6, 6.07) is 0. The van der Waals surface area contributed by atoms with Gasteiger partial charge in [0.15, 0.2) is 0 Å². The molecule has 2 aliphatic rings. The van der Waals surface area contributed by atoms with Gasteiger partial charge in [-0.2, -0.15) is 16.8 Å². The van der Waals surface area contributed by atoms with Gasteiger partial charge < -0.3 is 4.74 Å². The summed E-state index contributed by atoms with van der Waals surface area (Å²) in [6.07, 6.45) is -0.627. The summed E-state index contributed by atoms with van der Waals surface area (Å²) < 4.78 is 57.6. The van der Waals surface area contributed by atoms with Crippen LogP contribution in [0.1, 0.15) is 0 Å². The van der Waals surface area contributed by atoms with E-state index in [2.05, 4.69) is 8.37 Å². The maximum Gasteiger partial charge on any atom is 0.264 e. The van der Waals surface area contributed by atoms with Crippen molar-refractivity contribution in [3.8, 4) is 0 Å². The third-order valence-corrected chi connectivity index (χ3v) is 3.25. The Morgan fingerprint density at radius 2 is 1.20 bits per heavy atom. The smallest absolute Gasteiger partial charge is 0.264 e. The molecule has 1 aliphatic carbocycles. The van der Waals surface area contributed by atoms with Crippen molar-refractivity contribution in [3.05, 3.63) is 0 Å². The molecule has 1 heterocycles. The molecule has 0 radical (unpaired) electrons. The Kier molecular flexibility index (Phi) is 2.36. The largest absolute Gasteiger partial charge is 0.364 e. The Hall–Kier alpha value is -0.220. The molecule has 1 aliphatic heterocycles. The highest BCUT2D eigenvalue weighted by atomic mass is 32.2. The van der Waals surface area contributed by atoms with Gasteiger partial charge in [-0.15, -0.1) is 0 Å². The zero-order valence-electron chi connectivity index (χ0n) is 7.98. The van der Waals surface area contributed by atoms with Crippen LogP contribution in [0.5, 0.6) is 0 Å². The Labute approximate surface area is 87.6 Å². The average molecular weight is 258 g/mol. The fourth-order valence-electron chi connectivity index (χ4n) is 1.52. The summed E-state index contributed by atoms with van der Waals surface area (Å²) in [5, 5.41) is 0. The second kappa shape index (κ2) is 3.14. The summed E-state index contributed by atoms with van der Waals surface area (Å²) in [5.41, 5.74) is 0. The van der Waals surface area contributed by atoms with E-state index < -0.39 is 32.4 Å². The second-order valence-electron chi connectivity index (χ2n) is 3.60. The number of ether oxygens (including phenoxy) is 1. The molecule has 1 saturated heterocycles. The maximum atomic E-state index is 10.8. The van der Waals surface area contributed by atoms with Gasteiger partial charge in [0.05, 0.1) is 12.5 Å². The predicted molar refractivity (Wildman–Crippen MR) is 48.1 cm³/mol. The van der Waals surface area contributed by atoms with E-state index in [4.69, 9.17) is 4.74 Å². The Morgan fingerprint density at radius 3 is 1.47 bits per heavy atom. The molecule has 0 unspecified atom stereocenters. The van der Waals surface area contributed by atoms with Crippen LogP contribution in [-0.4, -0.2) is 53.8 Å². The first kappa shape index (κ1) is 11.3. The van der Waals surface area contributed by atoms with E-state index in [0.29, 0.717) is 0 Å². The van der Waals surface area contributed by atoms with Gasteiger partial charge in [-0.3, -0.25) is 8.37 Å². The van der Waals surface area contributed by atoms with Crippen LogP contribution < -0.4 is 0 Å². The third-order valence-electron chi connectivity index (χ3n) is 2.10. The van der Waals surface area contributed by atoms with Gasteiger partial charge in [0.25, 0.3) is 20.2 Å². The molecule has 7 nitrogen and oxygen atoms in total. The van der Waals surface area contributed by atoms with E-state index in [1.54, 1.807) is 0 Å². The van der Waals surface area contributed by atoms with Gasteiger partial charge in [-0.1, -0.05) is 0 Å². The highest BCUT2D eigenvalue weighted by Crippen LogP contribution is 2.46. The number of epoxide rings is 1. The number of fused-ring (bicyclic) bond motifs is 1. The minimum Gasteiger partial charge on any atom is -0.364 e. The van der Waals surface area contributed by atoms with Crippen molar-refractivity contribution in [2.24, 2.45) is 0 Å². The SMILES string of the molecule is CS(=O)(=O)O[C@@H]1[C@@H]2O[C@@H]2[C@@H]1OS(C)(=O)=O. The van der Waals surface area contributed by atoms with Crippen molar-refractivity contribution in [2.75, 3.05) is 12.5 Å². The van der Waals surface area contributed by atoms with Crippen LogP contribution in [0, 0.1) is 0 Å². The van der Waals surface area contributed by atoms with Gasteiger partial charge in [0, 0.05) is 0 Å². The van der Waals surface area contributed by atoms with Crippen molar-refractivity contribution < 1.29 is 29.9 Å². The van der Waals surface area contributed by atoms with E-state index in [1.807, 2.05) is 0 Å². The lowest BCUT2D eigenvalue weighted by atomic mass is 9.93. The van der Waals surface area contributed by atoms with Crippen LogP contribution in [0.15, 0.2) is 0 Å². The fraction of sp³-hybridized carbons (Fsp3) is 1.00. The van der Waals surface area contributed by atoms with Gasteiger partial charge in [0.1, 0.15) is 24.4 Å². The van der Waals surface area contributed by atoms with Crippen molar-refractivity contribution in [2.45, 2.75) is 24.4 Å². The normalized spacial score (nSPS) is 39.3. The van der Waals surface area contributed by atoms with Gasteiger partial charge in [-0.25, -0.2) is 0 Å². The standard InChI is InChI=1S/C6H10O7S2/c1-14(7,8)12-5-3-4(11-3)6(5)13-15(2,9)10/h3-6H,1-2H3/t3-,4+,5-,6+. The maximum absolute atomic E-state index is 10.8. The molecule has 0 aromatic rings. The zero-order chi connectivity index (χ0) is 11.4. The molecule has 2 fully saturated rings. The molecule has 0 spiro atoms. The molecule has 4 atom stereocenters. The molecular formula is C6H10O7S2. The van der Waals surface area contributed by atoms with Crippen molar-refractivity contribution in [1.29, 1.82) is 0 Å². The molecule has 0 aromatic heterocycles. The van der Waals surface area contributed by atoms with Crippen LogP contribution in [0.3, 0.4) is 0 Å².